The van der Waals surface area contributed by atoms with E-state index in [9.17, 15) is 0 Å². The molecule has 0 heterocycles. The summed E-state index contributed by atoms with van der Waals surface area (Å²) >= 11 is 10.5. The third-order valence-electron chi connectivity index (χ3n) is 1.37. The first-order valence-corrected chi connectivity index (χ1v) is 3.70. The summed E-state index contributed by atoms with van der Waals surface area (Å²) in [6.45, 7) is 1.90. The van der Waals surface area contributed by atoms with E-state index >= 15 is 0 Å². The van der Waals surface area contributed by atoms with Gasteiger partial charge >= 0.3 is 0 Å². The van der Waals surface area contributed by atoms with Gasteiger partial charge in [0.2, 0.25) is 0 Å². The first-order chi connectivity index (χ1) is 5.27. The Bertz CT molecular complexity index is 274. The minimum atomic E-state index is 0.716. The third kappa shape index (κ3) is 1.91. The highest BCUT2D eigenvalue weighted by atomic mass is 35.5. The Labute approximate surface area is 75.2 Å². The summed E-state index contributed by atoms with van der Waals surface area (Å²) in [4.78, 5) is 0. The van der Waals surface area contributed by atoms with E-state index in [1.54, 1.807) is 12.2 Å². The average Bonchev–Trinajstić information content (AvgIpc) is 2.04. The molecular weight excluding hydrogens is 183 g/mol. The Morgan fingerprint density at radius 1 is 1.18 bits per heavy atom. The van der Waals surface area contributed by atoms with Crippen LogP contribution in [0.25, 0.3) is 0 Å². The summed E-state index contributed by atoms with van der Waals surface area (Å²) in [7, 11) is 0. The SMILES string of the molecule is CC1=CC(=N/Cl)/C=CC/1=N\Cl. The van der Waals surface area contributed by atoms with Crippen molar-refractivity contribution in [2.45, 2.75) is 6.92 Å². The van der Waals surface area contributed by atoms with Crippen molar-refractivity contribution in [3.8, 4) is 0 Å². The summed E-state index contributed by atoms with van der Waals surface area (Å²) in [6.07, 6.45) is 5.33. The second kappa shape index (κ2) is 3.69. The fraction of sp³-hybridized carbons (Fsp3) is 0.143. The topological polar surface area (TPSA) is 24.7 Å². The molecule has 0 aromatic rings. The van der Waals surface area contributed by atoms with Crippen LogP contribution in [0.3, 0.4) is 0 Å². The maximum Gasteiger partial charge on any atom is 0.0807 e. The number of hydrogen-bond acceptors (Lipinski definition) is 2. The minimum Gasteiger partial charge on any atom is -0.178 e. The van der Waals surface area contributed by atoms with Crippen molar-refractivity contribution in [1.29, 1.82) is 0 Å². The molecule has 2 nitrogen and oxygen atoms in total. The molecule has 0 spiro atoms. The summed E-state index contributed by atoms with van der Waals surface area (Å²) in [5.41, 5.74) is 2.42. The Morgan fingerprint density at radius 3 is 2.36 bits per heavy atom. The average molecular weight is 189 g/mol. The van der Waals surface area contributed by atoms with Crippen LogP contribution in [0.1, 0.15) is 6.92 Å². The van der Waals surface area contributed by atoms with Gasteiger partial charge in [0.1, 0.15) is 0 Å². The van der Waals surface area contributed by atoms with Gasteiger partial charge in [-0.25, -0.2) is 0 Å². The molecule has 0 aromatic carbocycles. The van der Waals surface area contributed by atoms with Crippen molar-refractivity contribution in [1.82, 2.24) is 0 Å². The van der Waals surface area contributed by atoms with Gasteiger partial charge in [0, 0.05) is 23.6 Å². The fourth-order valence-corrected chi connectivity index (χ4v) is 1.08. The summed E-state index contributed by atoms with van der Waals surface area (Å²) in [6, 6.07) is 0. The molecule has 0 aliphatic heterocycles. The molecule has 0 amide bonds. The highest BCUT2D eigenvalue weighted by molar-refractivity contribution is 6.31. The molecule has 0 saturated carbocycles. The zero-order valence-corrected chi connectivity index (χ0v) is 7.39. The van der Waals surface area contributed by atoms with Crippen LogP contribution in [-0.4, -0.2) is 11.4 Å². The van der Waals surface area contributed by atoms with Crippen molar-refractivity contribution in [3.05, 3.63) is 23.8 Å². The predicted molar refractivity (Wildman–Crippen MR) is 49.5 cm³/mol. The van der Waals surface area contributed by atoms with E-state index in [4.69, 9.17) is 23.6 Å². The van der Waals surface area contributed by atoms with Crippen LogP contribution in [0.2, 0.25) is 0 Å². The van der Waals surface area contributed by atoms with Crippen LogP contribution in [-0.2, 0) is 0 Å². The van der Waals surface area contributed by atoms with Gasteiger partial charge in [-0.3, -0.25) is 0 Å². The molecule has 0 aromatic heterocycles. The standard InChI is InChI=1S/C7H6Cl2N2/c1-5-4-6(10-8)2-3-7(5)11-9/h2-4H,1H3/b10-6+,11-7+. The molecule has 0 saturated heterocycles. The van der Waals surface area contributed by atoms with Crippen molar-refractivity contribution in [3.63, 3.8) is 0 Å². The van der Waals surface area contributed by atoms with Crippen LogP contribution >= 0.6 is 23.6 Å². The van der Waals surface area contributed by atoms with Crippen LogP contribution in [0.5, 0.6) is 0 Å². The lowest BCUT2D eigenvalue weighted by Crippen LogP contribution is -2.04. The van der Waals surface area contributed by atoms with E-state index in [1.165, 1.54) is 0 Å². The zero-order valence-electron chi connectivity index (χ0n) is 5.88. The Morgan fingerprint density at radius 2 is 1.91 bits per heavy atom. The van der Waals surface area contributed by atoms with E-state index in [2.05, 4.69) is 9.02 Å². The molecule has 58 valence electrons. The van der Waals surface area contributed by atoms with Crippen LogP contribution in [0.4, 0.5) is 0 Å². The number of nitrogens with zero attached hydrogens (tertiary/aromatic N) is 2. The summed E-state index contributed by atoms with van der Waals surface area (Å²) in [5.74, 6) is 0. The molecule has 1 aliphatic carbocycles. The third-order valence-corrected chi connectivity index (χ3v) is 1.75. The van der Waals surface area contributed by atoms with E-state index < -0.39 is 0 Å². The molecule has 0 bridgehead atoms. The van der Waals surface area contributed by atoms with Gasteiger partial charge < -0.3 is 0 Å². The Kier molecular flexibility index (Phi) is 2.85. The van der Waals surface area contributed by atoms with Gasteiger partial charge in [-0.05, 0) is 30.7 Å². The second-order valence-electron chi connectivity index (χ2n) is 2.14. The van der Waals surface area contributed by atoms with Crippen molar-refractivity contribution in [2.75, 3.05) is 0 Å². The predicted octanol–water partition coefficient (Wildman–Crippen LogP) is 2.69. The largest absolute Gasteiger partial charge is 0.178 e. The van der Waals surface area contributed by atoms with Crippen molar-refractivity contribution < 1.29 is 0 Å². The van der Waals surface area contributed by atoms with Crippen molar-refractivity contribution in [2.24, 2.45) is 9.02 Å². The molecule has 0 atom stereocenters. The van der Waals surface area contributed by atoms with Crippen molar-refractivity contribution >= 4 is 35.0 Å². The number of halogens is 2. The zero-order chi connectivity index (χ0) is 8.27. The second-order valence-corrected chi connectivity index (χ2v) is 2.48. The maximum atomic E-state index is 5.29. The lowest BCUT2D eigenvalue weighted by molar-refractivity contribution is 1.56. The molecule has 4 heteroatoms. The fourth-order valence-electron chi connectivity index (χ4n) is 0.787. The highest BCUT2D eigenvalue weighted by Gasteiger charge is 2.04. The molecule has 0 unspecified atom stereocenters. The lowest BCUT2D eigenvalue weighted by atomic mass is 10.0. The number of rotatable bonds is 0. The molecule has 0 fully saturated rings. The maximum absolute atomic E-state index is 5.29. The van der Waals surface area contributed by atoms with E-state index in [0.29, 0.717) is 5.71 Å². The minimum absolute atomic E-state index is 0.716. The van der Waals surface area contributed by atoms with Crippen LogP contribution < -0.4 is 0 Å². The van der Waals surface area contributed by atoms with Crippen LogP contribution in [0, 0.1) is 0 Å². The van der Waals surface area contributed by atoms with Gasteiger partial charge in [-0.2, -0.15) is 9.02 Å². The van der Waals surface area contributed by atoms with Gasteiger partial charge in [-0.1, -0.05) is 0 Å². The first kappa shape index (κ1) is 8.50. The Balaban J connectivity index is 2.97. The summed E-state index contributed by atoms with van der Waals surface area (Å²) < 4.78 is 7.03. The van der Waals surface area contributed by atoms with E-state index in [1.807, 2.05) is 13.0 Å². The Hall–Kier alpha value is -0.600. The molecular formula is C7H6Cl2N2. The summed E-state index contributed by atoms with van der Waals surface area (Å²) in [5, 5.41) is 0. The lowest BCUT2D eigenvalue weighted by Gasteiger charge is -2.04. The normalized spacial score (nSPS) is 24.5. The van der Waals surface area contributed by atoms with Gasteiger partial charge in [0.25, 0.3) is 0 Å². The number of allylic oxidation sites excluding steroid dienone is 4. The first-order valence-electron chi connectivity index (χ1n) is 3.02. The smallest absolute Gasteiger partial charge is 0.0807 e. The highest BCUT2D eigenvalue weighted by Crippen LogP contribution is 2.08. The number of hydrogen-bond donors (Lipinski definition) is 0. The van der Waals surface area contributed by atoms with Gasteiger partial charge in [0.15, 0.2) is 0 Å². The monoisotopic (exact) mass is 188 g/mol. The van der Waals surface area contributed by atoms with E-state index in [0.717, 1.165) is 11.3 Å². The molecule has 0 N–H and O–H groups in total. The van der Waals surface area contributed by atoms with Crippen LogP contribution in [0.15, 0.2) is 32.8 Å². The van der Waals surface area contributed by atoms with Gasteiger partial charge in [-0.15, -0.1) is 0 Å². The molecule has 0 radical (unpaired) electrons. The van der Waals surface area contributed by atoms with Gasteiger partial charge in [0.05, 0.1) is 11.4 Å². The quantitative estimate of drug-likeness (QED) is 0.523. The molecule has 1 rings (SSSR count). The molecule has 1 aliphatic rings. The molecule has 11 heavy (non-hydrogen) atoms. The van der Waals surface area contributed by atoms with E-state index in [-0.39, 0.29) is 0 Å².